The topological polar surface area (TPSA) is 70.7 Å². The van der Waals surface area contributed by atoms with Gasteiger partial charge in [-0.3, -0.25) is 14.5 Å². The molecule has 6 nitrogen and oxygen atoms in total. The van der Waals surface area contributed by atoms with Gasteiger partial charge in [0.1, 0.15) is 0 Å². The summed E-state index contributed by atoms with van der Waals surface area (Å²) in [5, 5.41) is 5.76. The lowest BCUT2D eigenvalue weighted by molar-refractivity contribution is 0.0374. The molecule has 0 spiro atoms. The quantitative estimate of drug-likeness (QED) is 0.737. The number of ether oxygens (including phenoxy) is 1. The van der Waals surface area contributed by atoms with Crippen molar-refractivity contribution < 1.29 is 14.3 Å². The molecule has 2 aromatic rings. The second-order valence-corrected chi connectivity index (χ2v) is 6.46. The normalized spacial score (nSPS) is 14.5. The average molecular weight is 367 g/mol. The molecular weight excluding hydrogens is 342 g/mol. The van der Waals surface area contributed by atoms with Crippen LogP contribution in [-0.2, 0) is 4.74 Å². The molecule has 1 saturated heterocycles. The molecule has 0 aromatic heterocycles. The highest BCUT2D eigenvalue weighted by molar-refractivity contribution is 6.05. The van der Waals surface area contributed by atoms with Gasteiger partial charge in [0.05, 0.1) is 13.2 Å². The third-order valence-electron chi connectivity index (χ3n) is 4.48. The molecule has 1 aliphatic heterocycles. The van der Waals surface area contributed by atoms with Crippen LogP contribution in [0, 0.1) is 0 Å². The molecule has 0 radical (unpaired) electrons. The van der Waals surface area contributed by atoms with Gasteiger partial charge in [-0.05, 0) is 49.4 Å². The van der Waals surface area contributed by atoms with Gasteiger partial charge in [0.15, 0.2) is 0 Å². The molecule has 2 aromatic carbocycles. The minimum absolute atomic E-state index is 0.119. The van der Waals surface area contributed by atoms with Gasteiger partial charge in [0, 0.05) is 36.4 Å². The van der Waals surface area contributed by atoms with Gasteiger partial charge in [-0.15, -0.1) is 0 Å². The zero-order valence-corrected chi connectivity index (χ0v) is 15.3. The van der Waals surface area contributed by atoms with Crippen molar-refractivity contribution in [3.05, 3.63) is 65.7 Å². The Balaban J connectivity index is 1.43. The van der Waals surface area contributed by atoms with Gasteiger partial charge in [0.2, 0.25) is 0 Å². The molecule has 0 saturated carbocycles. The van der Waals surface area contributed by atoms with Gasteiger partial charge in [-0.1, -0.05) is 18.2 Å². The Hall–Kier alpha value is -2.70. The lowest BCUT2D eigenvalue weighted by Gasteiger charge is -2.26. The molecule has 142 valence electrons. The number of para-hydroxylation sites is 1. The molecule has 1 heterocycles. The number of morpholine rings is 1. The minimum Gasteiger partial charge on any atom is -0.379 e. The minimum atomic E-state index is -0.196. The van der Waals surface area contributed by atoms with E-state index < -0.39 is 0 Å². The van der Waals surface area contributed by atoms with Crippen molar-refractivity contribution in [2.45, 2.75) is 6.42 Å². The van der Waals surface area contributed by atoms with Crippen LogP contribution in [0.1, 0.15) is 27.1 Å². The highest BCUT2D eigenvalue weighted by Gasteiger charge is 2.11. The number of carbonyl (C=O) groups is 2. The molecule has 2 N–H and O–H groups in total. The number of rotatable bonds is 7. The van der Waals surface area contributed by atoms with Gasteiger partial charge in [-0.25, -0.2) is 0 Å². The van der Waals surface area contributed by atoms with E-state index in [0.717, 1.165) is 45.0 Å². The first-order valence-electron chi connectivity index (χ1n) is 9.27. The summed E-state index contributed by atoms with van der Waals surface area (Å²) < 4.78 is 5.32. The standard InChI is InChI=1S/C21H25N3O3/c25-20(22-11-4-12-24-13-15-27-16-14-24)17-7-9-18(10-8-17)21(26)23-19-5-2-1-3-6-19/h1-3,5-10H,4,11-16H2,(H,22,25)(H,23,26). The van der Waals surface area contributed by atoms with Gasteiger partial charge >= 0.3 is 0 Å². The fraction of sp³-hybridized carbons (Fsp3) is 0.333. The number of hydrogen-bond acceptors (Lipinski definition) is 4. The fourth-order valence-corrected chi connectivity index (χ4v) is 2.93. The van der Waals surface area contributed by atoms with E-state index in [0.29, 0.717) is 17.7 Å². The number of anilines is 1. The van der Waals surface area contributed by atoms with E-state index in [9.17, 15) is 9.59 Å². The maximum Gasteiger partial charge on any atom is 0.255 e. The smallest absolute Gasteiger partial charge is 0.255 e. The van der Waals surface area contributed by atoms with E-state index >= 15 is 0 Å². The summed E-state index contributed by atoms with van der Waals surface area (Å²) in [6.45, 7) is 5.09. The van der Waals surface area contributed by atoms with Crippen LogP contribution in [0.15, 0.2) is 54.6 Å². The highest BCUT2D eigenvalue weighted by Crippen LogP contribution is 2.10. The van der Waals surface area contributed by atoms with Gasteiger partial charge in [-0.2, -0.15) is 0 Å². The summed E-state index contributed by atoms with van der Waals surface area (Å²) in [7, 11) is 0. The second-order valence-electron chi connectivity index (χ2n) is 6.46. The Morgan fingerprint density at radius 3 is 2.19 bits per heavy atom. The maximum atomic E-state index is 12.2. The van der Waals surface area contributed by atoms with E-state index in [1.807, 2.05) is 30.3 Å². The third kappa shape index (κ3) is 5.91. The van der Waals surface area contributed by atoms with Crippen molar-refractivity contribution in [3.63, 3.8) is 0 Å². The number of benzene rings is 2. The molecule has 3 rings (SSSR count). The molecule has 1 aliphatic rings. The van der Waals surface area contributed by atoms with E-state index in [1.54, 1.807) is 24.3 Å². The van der Waals surface area contributed by atoms with E-state index in [1.165, 1.54) is 0 Å². The fourth-order valence-electron chi connectivity index (χ4n) is 2.93. The SMILES string of the molecule is O=C(NCCCN1CCOCC1)c1ccc(C(=O)Nc2ccccc2)cc1. The summed E-state index contributed by atoms with van der Waals surface area (Å²) in [4.78, 5) is 26.8. The van der Waals surface area contributed by atoms with Crippen LogP contribution in [0.4, 0.5) is 5.69 Å². The van der Waals surface area contributed by atoms with Crippen molar-refractivity contribution in [2.75, 3.05) is 44.7 Å². The van der Waals surface area contributed by atoms with Crippen LogP contribution in [0.2, 0.25) is 0 Å². The lowest BCUT2D eigenvalue weighted by atomic mass is 10.1. The van der Waals surface area contributed by atoms with Crippen LogP contribution < -0.4 is 10.6 Å². The Bertz CT molecular complexity index is 741. The van der Waals surface area contributed by atoms with Crippen LogP contribution in [0.3, 0.4) is 0 Å². The largest absolute Gasteiger partial charge is 0.379 e. The summed E-state index contributed by atoms with van der Waals surface area (Å²) in [6.07, 6.45) is 0.906. The lowest BCUT2D eigenvalue weighted by Crippen LogP contribution is -2.38. The van der Waals surface area contributed by atoms with Crippen molar-refractivity contribution in [2.24, 2.45) is 0 Å². The first kappa shape index (κ1) is 19.1. The molecular formula is C21H25N3O3. The van der Waals surface area contributed by atoms with Crippen molar-refractivity contribution >= 4 is 17.5 Å². The summed E-state index contributed by atoms with van der Waals surface area (Å²) in [6, 6.07) is 16.0. The Morgan fingerprint density at radius 2 is 1.52 bits per heavy atom. The van der Waals surface area contributed by atoms with Gasteiger partial charge < -0.3 is 15.4 Å². The Morgan fingerprint density at radius 1 is 0.889 bits per heavy atom. The predicted molar refractivity (Wildman–Crippen MR) is 105 cm³/mol. The predicted octanol–water partition coefficient (Wildman–Crippen LogP) is 2.39. The molecule has 6 heteroatoms. The average Bonchev–Trinajstić information content (AvgIpc) is 2.72. The third-order valence-corrected chi connectivity index (χ3v) is 4.48. The zero-order valence-electron chi connectivity index (χ0n) is 15.3. The first-order valence-corrected chi connectivity index (χ1v) is 9.27. The number of amides is 2. The maximum absolute atomic E-state index is 12.2. The molecule has 0 bridgehead atoms. The molecule has 2 amide bonds. The molecule has 0 aliphatic carbocycles. The Labute approximate surface area is 159 Å². The second kappa shape index (κ2) is 9.85. The van der Waals surface area contributed by atoms with E-state index in [4.69, 9.17) is 4.74 Å². The van der Waals surface area contributed by atoms with Crippen molar-refractivity contribution in [3.8, 4) is 0 Å². The van der Waals surface area contributed by atoms with Crippen molar-refractivity contribution in [1.82, 2.24) is 10.2 Å². The zero-order chi connectivity index (χ0) is 18.9. The molecule has 0 atom stereocenters. The molecule has 1 fully saturated rings. The summed E-state index contributed by atoms with van der Waals surface area (Å²) in [5.74, 6) is -0.314. The summed E-state index contributed by atoms with van der Waals surface area (Å²) in [5.41, 5.74) is 1.81. The van der Waals surface area contributed by atoms with Crippen LogP contribution in [0.25, 0.3) is 0 Å². The van der Waals surface area contributed by atoms with Crippen LogP contribution in [0.5, 0.6) is 0 Å². The number of hydrogen-bond donors (Lipinski definition) is 2. The van der Waals surface area contributed by atoms with E-state index in [-0.39, 0.29) is 11.8 Å². The molecule has 27 heavy (non-hydrogen) atoms. The number of nitrogens with one attached hydrogen (secondary N) is 2. The van der Waals surface area contributed by atoms with Crippen molar-refractivity contribution in [1.29, 1.82) is 0 Å². The number of nitrogens with zero attached hydrogens (tertiary/aromatic N) is 1. The monoisotopic (exact) mass is 367 g/mol. The van der Waals surface area contributed by atoms with E-state index in [2.05, 4.69) is 15.5 Å². The van der Waals surface area contributed by atoms with Gasteiger partial charge in [0.25, 0.3) is 11.8 Å². The highest BCUT2D eigenvalue weighted by atomic mass is 16.5. The van der Waals surface area contributed by atoms with Crippen LogP contribution in [-0.4, -0.2) is 56.1 Å². The summed E-state index contributed by atoms with van der Waals surface area (Å²) >= 11 is 0. The Kier molecular flexibility index (Phi) is 6.96. The first-order chi connectivity index (χ1) is 13.2. The molecule has 0 unspecified atom stereocenters. The van der Waals surface area contributed by atoms with Crippen LogP contribution >= 0.6 is 0 Å². The number of carbonyl (C=O) groups excluding carboxylic acids is 2.